The highest BCUT2D eigenvalue weighted by molar-refractivity contribution is 5.93. The van der Waals surface area contributed by atoms with Gasteiger partial charge in [-0.3, -0.25) is 14.7 Å². The minimum atomic E-state index is -0.280. The fourth-order valence-corrected chi connectivity index (χ4v) is 3.39. The van der Waals surface area contributed by atoms with Crippen LogP contribution >= 0.6 is 0 Å². The first-order valence-electron chi connectivity index (χ1n) is 8.87. The molecule has 1 fully saturated rings. The molecule has 3 rings (SSSR count). The third kappa shape index (κ3) is 4.42. The number of nitrogens with zero attached hydrogens (tertiary/aromatic N) is 3. The van der Waals surface area contributed by atoms with Crippen LogP contribution in [0.15, 0.2) is 48.7 Å². The van der Waals surface area contributed by atoms with Crippen molar-refractivity contribution >= 4 is 11.6 Å². The standard InChI is InChI=1S/C20H24FN3O/c1-2-20(25)24(18-8-6-16(21)7-9-18)19-10-13-23(14-11-19)15-17-5-3-4-12-22-17/h3-9,12,19H,2,10-11,13-15H2,1H3. The number of aromatic nitrogens is 1. The SMILES string of the molecule is CCC(=O)N(c1ccc(F)cc1)C1CCN(Cc2ccccn2)CC1. The molecule has 0 unspecified atom stereocenters. The molecule has 132 valence electrons. The number of anilines is 1. The molecule has 1 aliphatic heterocycles. The van der Waals surface area contributed by atoms with Crippen molar-refractivity contribution in [3.05, 3.63) is 60.2 Å². The molecular weight excluding hydrogens is 317 g/mol. The Kier molecular flexibility index (Phi) is 5.76. The maximum Gasteiger partial charge on any atom is 0.226 e. The summed E-state index contributed by atoms with van der Waals surface area (Å²) in [6.07, 6.45) is 4.09. The van der Waals surface area contributed by atoms with Gasteiger partial charge in [-0.1, -0.05) is 13.0 Å². The van der Waals surface area contributed by atoms with Gasteiger partial charge in [-0.2, -0.15) is 0 Å². The van der Waals surface area contributed by atoms with Crippen molar-refractivity contribution in [1.82, 2.24) is 9.88 Å². The molecule has 0 atom stereocenters. The molecule has 1 saturated heterocycles. The second-order valence-electron chi connectivity index (χ2n) is 6.42. The first-order valence-corrected chi connectivity index (χ1v) is 8.87. The number of piperidine rings is 1. The zero-order valence-corrected chi connectivity index (χ0v) is 14.6. The number of carbonyl (C=O) groups is 1. The van der Waals surface area contributed by atoms with Crippen molar-refractivity contribution < 1.29 is 9.18 Å². The molecule has 2 aromatic rings. The van der Waals surface area contributed by atoms with Crippen LogP contribution < -0.4 is 4.90 Å². The van der Waals surface area contributed by atoms with Crippen molar-refractivity contribution in [2.24, 2.45) is 0 Å². The molecule has 2 heterocycles. The first-order chi connectivity index (χ1) is 12.2. The first kappa shape index (κ1) is 17.5. The van der Waals surface area contributed by atoms with E-state index in [2.05, 4.69) is 9.88 Å². The van der Waals surface area contributed by atoms with Gasteiger partial charge in [0.15, 0.2) is 0 Å². The summed E-state index contributed by atoms with van der Waals surface area (Å²) in [4.78, 5) is 21.1. The van der Waals surface area contributed by atoms with Crippen LogP contribution in [0.25, 0.3) is 0 Å². The monoisotopic (exact) mass is 341 g/mol. The molecule has 0 bridgehead atoms. The lowest BCUT2D eigenvalue weighted by Crippen LogP contribution is -2.47. The Labute approximate surface area is 148 Å². The highest BCUT2D eigenvalue weighted by Crippen LogP contribution is 2.25. The molecule has 0 spiro atoms. The zero-order chi connectivity index (χ0) is 17.6. The third-order valence-electron chi connectivity index (χ3n) is 4.71. The van der Waals surface area contributed by atoms with Crippen LogP contribution in [0.5, 0.6) is 0 Å². The Morgan fingerprint density at radius 3 is 2.52 bits per heavy atom. The highest BCUT2D eigenvalue weighted by Gasteiger charge is 2.28. The average Bonchev–Trinajstić information content (AvgIpc) is 2.65. The van der Waals surface area contributed by atoms with Gasteiger partial charge in [0, 0.05) is 44.0 Å². The van der Waals surface area contributed by atoms with Crippen molar-refractivity contribution in [3.63, 3.8) is 0 Å². The van der Waals surface area contributed by atoms with Crippen LogP contribution in [0.2, 0.25) is 0 Å². The van der Waals surface area contributed by atoms with Gasteiger partial charge in [-0.05, 0) is 49.2 Å². The van der Waals surface area contributed by atoms with Gasteiger partial charge in [0.2, 0.25) is 5.91 Å². The van der Waals surface area contributed by atoms with Gasteiger partial charge >= 0.3 is 0 Å². The Balaban J connectivity index is 1.66. The van der Waals surface area contributed by atoms with E-state index in [1.165, 1.54) is 12.1 Å². The summed E-state index contributed by atoms with van der Waals surface area (Å²) in [6, 6.07) is 12.4. The van der Waals surface area contributed by atoms with Crippen LogP contribution in [-0.4, -0.2) is 34.9 Å². The van der Waals surface area contributed by atoms with Gasteiger partial charge in [-0.25, -0.2) is 4.39 Å². The van der Waals surface area contributed by atoms with Crippen LogP contribution in [0.4, 0.5) is 10.1 Å². The summed E-state index contributed by atoms with van der Waals surface area (Å²) in [5, 5.41) is 0. The molecule has 4 nitrogen and oxygen atoms in total. The summed E-state index contributed by atoms with van der Waals surface area (Å²) in [7, 11) is 0. The largest absolute Gasteiger partial charge is 0.309 e. The fraction of sp³-hybridized carbons (Fsp3) is 0.400. The lowest BCUT2D eigenvalue weighted by atomic mass is 10.0. The van der Waals surface area contributed by atoms with Crippen molar-refractivity contribution in [2.45, 2.75) is 38.8 Å². The molecule has 0 aliphatic carbocycles. The van der Waals surface area contributed by atoms with E-state index in [1.54, 1.807) is 12.1 Å². The number of carbonyl (C=O) groups excluding carboxylic acids is 1. The van der Waals surface area contributed by atoms with E-state index >= 15 is 0 Å². The van der Waals surface area contributed by atoms with E-state index in [-0.39, 0.29) is 17.8 Å². The predicted octanol–water partition coefficient (Wildman–Crippen LogP) is 3.63. The summed E-state index contributed by atoms with van der Waals surface area (Å²) in [6.45, 7) is 4.56. The molecule has 5 heteroatoms. The van der Waals surface area contributed by atoms with Crippen molar-refractivity contribution in [2.75, 3.05) is 18.0 Å². The molecule has 25 heavy (non-hydrogen) atoms. The Hall–Kier alpha value is -2.27. The van der Waals surface area contributed by atoms with E-state index in [4.69, 9.17) is 0 Å². The van der Waals surface area contributed by atoms with Crippen molar-refractivity contribution in [3.8, 4) is 0 Å². The number of amides is 1. The molecular formula is C20H24FN3O. The third-order valence-corrected chi connectivity index (χ3v) is 4.71. The van der Waals surface area contributed by atoms with Gasteiger partial charge in [0.1, 0.15) is 5.82 Å². The molecule has 0 radical (unpaired) electrons. The number of hydrogen-bond acceptors (Lipinski definition) is 3. The summed E-state index contributed by atoms with van der Waals surface area (Å²) < 4.78 is 13.2. The molecule has 1 aromatic heterocycles. The molecule has 1 aromatic carbocycles. The van der Waals surface area contributed by atoms with Gasteiger partial charge in [0.05, 0.1) is 5.69 Å². The summed E-state index contributed by atoms with van der Waals surface area (Å²) >= 11 is 0. The number of rotatable bonds is 5. The highest BCUT2D eigenvalue weighted by atomic mass is 19.1. The van der Waals surface area contributed by atoms with Crippen molar-refractivity contribution in [1.29, 1.82) is 0 Å². The summed E-state index contributed by atoms with van der Waals surface area (Å²) in [5.74, 6) is -0.187. The van der Waals surface area contributed by atoms with E-state index in [1.807, 2.05) is 36.2 Å². The Morgan fingerprint density at radius 2 is 1.92 bits per heavy atom. The average molecular weight is 341 g/mol. The lowest BCUT2D eigenvalue weighted by molar-refractivity contribution is -0.119. The molecule has 1 aliphatic rings. The van der Waals surface area contributed by atoms with Crippen LogP contribution in [0.3, 0.4) is 0 Å². The topological polar surface area (TPSA) is 36.4 Å². The number of halogens is 1. The minimum absolute atomic E-state index is 0.0924. The second-order valence-corrected chi connectivity index (χ2v) is 6.42. The van der Waals surface area contributed by atoms with E-state index < -0.39 is 0 Å². The smallest absolute Gasteiger partial charge is 0.226 e. The van der Waals surface area contributed by atoms with Gasteiger partial charge in [-0.15, -0.1) is 0 Å². The molecule has 0 N–H and O–H groups in total. The van der Waals surface area contributed by atoms with E-state index in [9.17, 15) is 9.18 Å². The number of hydrogen-bond donors (Lipinski definition) is 0. The lowest BCUT2D eigenvalue weighted by Gasteiger charge is -2.38. The Morgan fingerprint density at radius 1 is 1.20 bits per heavy atom. The minimum Gasteiger partial charge on any atom is -0.309 e. The Bertz CT molecular complexity index is 682. The maximum absolute atomic E-state index is 13.2. The zero-order valence-electron chi connectivity index (χ0n) is 14.6. The van der Waals surface area contributed by atoms with Crippen LogP contribution in [0, 0.1) is 5.82 Å². The van der Waals surface area contributed by atoms with E-state index in [0.29, 0.717) is 6.42 Å². The number of likely N-dealkylation sites (tertiary alicyclic amines) is 1. The second kappa shape index (κ2) is 8.21. The van der Waals surface area contributed by atoms with Gasteiger partial charge in [0.25, 0.3) is 0 Å². The summed E-state index contributed by atoms with van der Waals surface area (Å²) in [5.41, 5.74) is 1.86. The quantitative estimate of drug-likeness (QED) is 0.833. The van der Waals surface area contributed by atoms with E-state index in [0.717, 1.165) is 43.9 Å². The fourth-order valence-electron chi connectivity index (χ4n) is 3.39. The number of pyridine rings is 1. The normalized spacial score (nSPS) is 15.9. The molecule has 0 saturated carbocycles. The van der Waals surface area contributed by atoms with Crippen LogP contribution in [0.1, 0.15) is 31.9 Å². The number of benzene rings is 1. The maximum atomic E-state index is 13.2. The van der Waals surface area contributed by atoms with Crippen LogP contribution in [-0.2, 0) is 11.3 Å². The molecule has 1 amide bonds. The van der Waals surface area contributed by atoms with Gasteiger partial charge < -0.3 is 4.90 Å². The predicted molar refractivity (Wildman–Crippen MR) is 96.7 cm³/mol.